The lowest BCUT2D eigenvalue weighted by Crippen LogP contribution is -2.50. The number of carbonyl (C=O) groups excluding carboxylic acids is 3. The van der Waals surface area contributed by atoms with Gasteiger partial charge in [-0.1, -0.05) is 98.3 Å². The smallest absolute Gasteiger partial charge is 0.258 e. The minimum atomic E-state index is -0.645. The molecule has 4 aromatic carbocycles. The third kappa shape index (κ3) is 6.49. The maximum Gasteiger partial charge on any atom is 0.258 e. The summed E-state index contributed by atoms with van der Waals surface area (Å²) in [6, 6.07) is 30.7. The maximum atomic E-state index is 13.9. The molecule has 41 heavy (non-hydrogen) atoms. The number of nitrogens with zero attached hydrogens (tertiary/aromatic N) is 2. The molecule has 1 N–H and O–H groups in total. The van der Waals surface area contributed by atoms with Crippen LogP contribution < -0.4 is 10.2 Å². The highest BCUT2D eigenvalue weighted by molar-refractivity contribution is 6.25. The fourth-order valence-corrected chi connectivity index (χ4v) is 5.57. The Hall–Kier alpha value is -4.45. The van der Waals surface area contributed by atoms with Gasteiger partial charge in [-0.3, -0.25) is 14.4 Å². The van der Waals surface area contributed by atoms with Gasteiger partial charge in [0.1, 0.15) is 6.04 Å². The molecule has 1 aliphatic rings. The number of hydrogen-bond acceptors (Lipinski definition) is 3. The van der Waals surface area contributed by atoms with Crippen molar-refractivity contribution in [2.24, 2.45) is 0 Å². The van der Waals surface area contributed by atoms with E-state index in [-0.39, 0.29) is 24.1 Å². The van der Waals surface area contributed by atoms with E-state index in [2.05, 4.69) is 12.2 Å². The Morgan fingerprint density at radius 3 is 2.22 bits per heavy atom. The zero-order valence-electron chi connectivity index (χ0n) is 23.6. The average Bonchev–Trinajstić information content (AvgIpc) is 3.28. The molecule has 1 aliphatic heterocycles. The number of unbranched alkanes of at least 4 members (excludes halogenated alkanes) is 1. The van der Waals surface area contributed by atoms with Crippen molar-refractivity contribution < 1.29 is 14.4 Å². The molecule has 0 spiro atoms. The SMILES string of the molecule is CCCCNC(=O)[C@@H](Cc1ccccc1)N(Cc1ccccc1)C(=O)CCCN1C(=O)c2cccc3cccc1c23. The van der Waals surface area contributed by atoms with Gasteiger partial charge < -0.3 is 15.1 Å². The predicted molar refractivity (Wildman–Crippen MR) is 164 cm³/mol. The molecule has 0 aliphatic carbocycles. The summed E-state index contributed by atoms with van der Waals surface area (Å²) in [5.41, 5.74) is 3.58. The summed E-state index contributed by atoms with van der Waals surface area (Å²) in [6.07, 6.45) is 3.02. The Labute approximate surface area is 242 Å². The zero-order valence-corrected chi connectivity index (χ0v) is 23.6. The number of nitrogens with one attached hydrogen (secondary N) is 1. The van der Waals surface area contributed by atoms with Crippen LogP contribution in [0.5, 0.6) is 0 Å². The maximum absolute atomic E-state index is 13.9. The van der Waals surface area contributed by atoms with Gasteiger partial charge in [-0.25, -0.2) is 0 Å². The van der Waals surface area contributed by atoms with Crippen molar-refractivity contribution in [3.8, 4) is 0 Å². The minimum absolute atomic E-state index is 0.0253. The van der Waals surface area contributed by atoms with Crippen LogP contribution in [0.25, 0.3) is 10.8 Å². The van der Waals surface area contributed by atoms with Gasteiger partial charge in [-0.15, -0.1) is 0 Å². The molecule has 210 valence electrons. The third-order valence-corrected chi connectivity index (χ3v) is 7.72. The molecule has 0 saturated carbocycles. The van der Waals surface area contributed by atoms with Gasteiger partial charge in [-0.2, -0.15) is 0 Å². The van der Waals surface area contributed by atoms with Crippen molar-refractivity contribution in [2.45, 2.75) is 51.6 Å². The first-order chi connectivity index (χ1) is 20.1. The van der Waals surface area contributed by atoms with Gasteiger partial charge in [-0.05, 0) is 41.5 Å². The summed E-state index contributed by atoms with van der Waals surface area (Å²) in [4.78, 5) is 44.2. The first-order valence-electron chi connectivity index (χ1n) is 14.6. The number of rotatable bonds is 13. The molecule has 4 aromatic rings. The van der Waals surface area contributed by atoms with E-state index in [1.165, 1.54) is 0 Å². The minimum Gasteiger partial charge on any atom is -0.354 e. The van der Waals surface area contributed by atoms with Gasteiger partial charge in [0.25, 0.3) is 5.91 Å². The highest BCUT2D eigenvalue weighted by Crippen LogP contribution is 2.37. The molecule has 0 unspecified atom stereocenters. The van der Waals surface area contributed by atoms with E-state index in [1.807, 2.05) is 97.1 Å². The van der Waals surface area contributed by atoms with Gasteiger partial charge in [0.15, 0.2) is 0 Å². The number of benzene rings is 4. The summed E-state index contributed by atoms with van der Waals surface area (Å²) in [5, 5.41) is 5.08. The summed E-state index contributed by atoms with van der Waals surface area (Å²) >= 11 is 0. The Bertz CT molecular complexity index is 1500. The topological polar surface area (TPSA) is 69.7 Å². The van der Waals surface area contributed by atoms with Gasteiger partial charge in [0, 0.05) is 43.4 Å². The van der Waals surface area contributed by atoms with E-state index < -0.39 is 6.04 Å². The fourth-order valence-electron chi connectivity index (χ4n) is 5.57. The van der Waals surface area contributed by atoms with Crippen molar-refractivity contribution in [2.75, 3.05) is 18.0 Å². The average molecular weight is 548 g/mol. The molecular formula is C35H37N3O3. The van der Waals surface area contributed by atoms with Crippen molar-refractivity contribution in [3.63, 3.8) is 0 Å². The van der Waals surface area contributed by atoms with Crippen LogP contribution in [0.15, 0.2) is 97.1 Å². The van der Waals surface area contributed by atoms with E-state index in [9.17, 15) is 14.4 Å². The molecule has 3 amide bonds. The quantitative estimate of drug-likeness (QED) is 0.205. The van der Waals surface area contributed by atoms with E-state index >= 15 is 0 Å². The van der Waals surface area contributed by atoms with Crippen LogP contribution in [0.1, 0.15) is 54.1 Å². The lowest BCUT2D eigenvalue weighted by molar-refractivity contribution is -0.141. The van der Waals surface area contributed by atoms with Crippen LogP contribution in [-0.2, 0) is 22.6 Å². The molecule has 6 heteroatoms. The summed E-state index contributed by atoms with van der Waals surface area (Å²) in [6.45, 7) is 3.44. The van der Waals surface area contributed by atoms with Crippen molar-refractivity contribution in [1.29, 1.82) is 0 Å². The fraction of sp³-hybridized carbons (Fsp3) is 0.286. The number of amides is 3. The summed E-state index contributed by atoms with van der Waals surface area (Å²) in [5.74, 6) is -0.256. The molecule has 0 bridgehead atoms. The molecule has 1 atom stereocenters. The second-order valence-corrected chi connectivity index (χ2v) is 10.6. The Morgan fingerprint density at radius 2 is 1.51 bits per heavy atom. The van der Waals surface area contributed by atoms with E-state index in [0.29, 0.717) is 38.0 Å². The number of anilines is 1. The Kier molecular flexibility index (Phi) is 9.09. The molecule has 1 heterocycles. The molecule has 0 saturated heterocycles. The first kappa shape index (κ1) is 28.1. The van der Waals surface area contributed by atoms with E-state index in [1.54, 1.807) is 9.80 Å². The van der Waals surface area contributed by atoms with Crippen LogP contribution in [-0.4, -0.2) is 41.8 Å². The second-order valence-electron chi connectivity index (χ2n) is 10.6. The van der Waals surface area contributed by atoms with E-state index in [0.717, 1.165) is 40.4 Å². The molecule has 6 nitrogen and oxygen atoms in total. The normalized spacial score (nSPS) is 12.9. The van der Waals surface area contributed by atoms with Crippen LogP contribution in [0.2, 0.25) is 0 Å². The molecule has 0 fully saturated rings. The van der Waals surface area contributed by atoms with Crippen LogP contribution >= 0.6 is 0 Å². The van der Waals surface area contributed by atoms with Gasteiger partial charge >= 0.3 is 0 Å². The zero-order chi connectivity index (χ0) is 28.6. The van der Waals surface area contributed by atoms with Crippen molar-refractivity contribution in [3.05, 3.63) is 114 Å². The van der Waals surface area contributed by atoms with Crippen LogP contribution in [0, 0.1) is 0 Å². The molecule has 0 radical (unpaired) electrons. The molecule has 5 rings (SSSR count). The Balaban J connectivity index is 1.35. The third-order valence-electron chi connectivity index (χ3n) is 7.72. The lowest BCUT2D eigenvalue weighted by atomic mass is 10.0. The largest absolute Gasteiger partial charge is 0.354 e. The highest BCUT2D eigenvalue weighted by Gasteiger charge is 2.32. The highest BCUT2D eigenvalue weighted by atomic mass is 16.2. The van der Waals surface area contributed by atoms with Crippen LogP contribution in [0.3, 0.4) is 0 Å². The van der Waals surface area contributed by atoms with Gasteiger partial charge in [0.05, 0.1) is 5.69 Å². The predicted octanol–water partition coefficient (Wildman–Crippen LogP) is 6.14. The summed E-state index contributed by atoms with van der Waals surface area (Å²) in [7, 11) is 0. The summed E-state index contributed by atoms with van der Waals surface area (Å²) < 4.78 is 0. The van der Waals surface area contributed by atoms with Crippen LogP contribution in [0.4, 0.5) is 5.69 Å². The standard InChI is InChI=1S/C35H37N3O3/c1-2-3-22-36-34(40)31(24-26-13-6-4-7-14-26)38(25-27-15-8-5-9-16-27)32(39)21-12-23-37-30-20-11-18-28-17-10-19-29(33(28)30)35(37)41/h4-11,13-20,31H,2-3,12,21-25H2,1H3,(H,36,40)/t31-/m1/s1. The van der Waals surface area contributed by atoms with E-state index in [4.69, 9.17) is 0 Å². The molecular weight excluding hydrogens is 510 g/mol. The van der Waals surface area contributed by atoms with Crippen molar-refractivity contribution in [1.82, 2.24) is 10.2 Å². The number of carbonyl (C=O) groups is 3. The first-order valence-corrected chi connectivity index (χ1v) is 14.6. The van der Waals surface area contributed by atoms with Gasteiger partial charge in [0.2, 0.25) is 11.8 Å². The monoisotopic (exact) mass is 547 g/mol. The lowest BCUT2D eigenvalue weighted by Gasteiger charge is -2.32. The number of hydrogen-bond donors (Lipinski definition) is 1. The Morgan fingerprint density at radius 1 is 0.829 bits per heavy atom. The second kappa shape index (κ2) is 13.3. The van der Waals surface area contributed by atoms with Crippen molar-refractivity contribution >= 4 is 34.2 Å². The molecule has 0 aromatic heterocycles.